The van der Waals surface area contributed by atoms with E-state index in [1.165, 1.54) is 16.6 Å². The second-order valence-electron chi connectivity index (χ2n) is 7.86. The van der Waals surface area contributed by atoms with Crippen molar-refractivity contribution in [3.05, 3.63) is 35.5 Å². The molecule has 25 heavy (non-hydrogen) atoms. The van der Waals surface area contributed by atoms with E-state index in [0.717, 1.165) is 24.8 Å². The molecule has 0 saturated carbocycles. The molecule has 0 amide bonds. The van der Waals surface area contributed by atoms with Crippen molar-refractivity contribution in [1.29, 1.82) is 0 Å². The van der Waals surface area contributed by atoms with Gasteiger partial charge in [-0.2, -0.15) is 0 Å². The van der Waals surface area contributed by atoms with E-state index >= 15 is 0 Å². The number of aromatic nitrogens is 1. The van der Waals surface area contributed by atoms with Crippen LogP contribution in [-0.4, -0.2) is 50.9 Å². The van der Waals surface area contributed by atoms with Crippen molar-refractivity contribution in [3.63, 3.8) is 0 Å². The summed E-state index contributed by atoms with van der Waals surface area (Å²) in [4.78, 5) is 13.3. The summed E-state index contributed by atoms with van der Waals surface area (Å²) in [5.74, 6) is -0.759. The highest BCUT2D eigenvalue weighted by atomic mass is 16.4. The number of hydrogen-bond acceptors (Lipinski definition) is 3. The molecule has 1 aliphatic carbocycles. The molecular formula is C20H28N2O3. The third kappa shape index (κ3) is 3.88. The van der Waals surface area contributed by atoms with Gasteiger partial charge < -0.3 is 19.7 Å². The first-order valence-electron chi connectivity index (χ1n) is 8.99. The van der Waals surface area contributed by atoms with E-state index in [0.29, 0.717) is 19.1 Å². The minimum Gasteiger partial charge on any atom is -0.481 e. The Labute approximate surface area is 148 Å². The van der Waals surface area contributed by atoms with E-state index in [1.54, 1.807) is 0 Å². The summed E-state index contributed by atoms with van der Waals surface area (Å²) in [6.07, 6.45) is 3.07. The fraction of sp³-hybridized carbons (Fsp3) is 0.550. The lowest BCUT2D eigenvalue weighted by molar-refractivity contribution is -0.137. The number of carboxylic acid groups (broad SMARTS) is 1. The lowest BCUT2D eigenvalue weighted by Crippen LogP contribution is -2.44. The Morgan fingerprint density at radius 1 is 1.36 bits per heavy atom. The van der Waals surface area contributed by atoms with Crippen LogP contribution >= 0.6 is 0 Å². The van der Waals surface area contributed by atoms with E-state index < -0.39 is 11.6 Å². The highest BCUT2D eigenvalue weighted by Gasteiger charge is 2.29. The molecule has 0 aliphatic heterocycles. The molecule has 1 atom stereocenters. The maximum atomic E-state index is 11.0. The number of benzene rings is 1. The third-order valence-corrected chi connectivity index (χ3v) is 5.16. The van der Waals surface area contributed by atoms with Gasteiger partial charge in [0.25, 0.3) is 0 Å². The van der Waals surface area contributed by atoms with Gasteiger partial charge in [-0.3, -0.25) is 4.79 Å². The number of aryl methyl sites for hydroxylation is 1. The normalized spacial score (nSPS) is 17.9. The van der Waals surface area contributed by atoms with E-state index in [4.69, 9.17) is 5.11 Å². The highest BCUT2D eigenvalue weighted by molar-refractivity contribution is 5.86. The van der Waals surface area contributed by atoms with Crippen LogP contribution in [0.3, 0.4) is 0 Å². The number of fused-ring (bicyclic) bond motifs is 3. The predicted octanol–water partition coefficient (Wildman–Crippen LogP) is 2.68. The van der Waals surface area contributed by atoms with Gasteiger partial charge in [-0.15, -0.1) is 0 Å². The topological polar surface area (TPSA) is 65.7 Å². The van der Waals surface area contributed by atoms with Gasteiger partial charge in [0.15, 0.2) is 0 Å². The van der Waals surface area contributed by atoms with Gasteiger partial charge in [-0.05, 0) is 51.8 Å². The maximum Gasteiger partial charge on any atom is 0.305 e. The number of para-hydroxylation sites is 1. The molecule has 5 heteroatoms. The van der Waals surface area contributed by atoms with Crippen molar-refractivity contribution in [2.75, 3.05) is 13.6 Å². The van der Waals surface area contributed by atoms with Gasteiger partial charge in [0.1, 0.15) is 0 Å². The van der Waals surface area contributed by atoms with Crippen LogP contribution in [0.25, 0.3) is 10.9 Å². The van der Waals surface area contributed by atoms with Crippen LogP contribution in [0.4, 0.5) is 0 Å². The third-order valence-electron chi connectivity index (χ3n) is 5.16. The summed E-state index contributed by atoms with van der Waals surface area (Å²) in [6, 6.07) is 8.70. The second kappa shape index (κ2) is 6.81. The molecule has 2 N–H and O–H groups in total. The molecule has 3 rings (SSSR count). The molecular weight excluding hydrogens is 316 g/mol. The van der Waals surface area contributed by atoms with Crippen LogP contribution < -0.4 is 0 Å². The molecule has 0 fully saturated rings. The number of rotatable bonds is 6. The van der Waals surface area contributed by atoms with Crippen LogP contribution in [-0.2, 0) is 24.2 Å². The summed E-state index contributed by atoms with van der Waals surface area (Å²) in [7, 11) is 2.08. The molecule has 0 bridgehead atoms. The van der Waals surface area contributed by atoms with Crippen molar-refractivity contribution >= 4 is 16.9 Å². The molecule has 1 heterocycles. The van der Waals surface area contributed by atoms with Gasteiger partial charge in [-0.1, -0.05) is 18.2 Å². The standard InChI is InChI=1S/C20H28N2O3/c1-20(2,25)13-21(3)14-8-9-18-16(12-14)15-6-4-5-7-17(15)22(18)11-10-19(23)24/h4-7,14,25H,8-13H2,1-3H3,(H,23,24). The summed E-state index contributed by atoms with van der Waals surface area (Å²) in [6.45, 7) is 4.85. The fourth-order valence-corrected chi connectivity index (χ4v) is 4.16. The fourth-order valence-electron chi connectivity index (χ4n) is 4.16. The largest absolute Gasteiger partial charge is 0.481 e. The van der Waals surface area contributed by atoms with Crippen LogP contribution in [0.2, 0.25) is 0 Å². The van der Waals surface area contributed by atoms with Gasteiger partial charge >= 0.3 is 5.97 Å². The first kappa shape index (κ1) is 18.0. The Bertz CT molecular complexity index is 773. The van der Waals surface area contributed by atoms with Crippen molar-refractivity contribution in [2.45, 2.75) is 57.7 Å². The Morgan fingerprint density at radius 3 is 2.76 bits per heavy atom. The number of likely N-dealkylation sites (N-methyl/N-ethyl adjacent to an activating group) is 1. The quantitative estimate of drug-likeness (QED) is 0.845. The maximum absolute atomic E-state index is 11.0. The molecule has 1 aromatic heterocycles. The lowest BCUT2D eigenvalue weighted by Gasteiger charge is -2.35. The highest BCUT2D eigenvalue weighted by Crippen LogP contribution is 2.34. The van der Waals surface area contributed by atoms with Crippen molar-refractivity contribution < 1.29 is 15.0 Å². The van der Waals surface area contributed by atoms with E-state index in [2.05, 4.69) is 28.6 Å². The lowest BCUT2D eigenvalue weighted by atomic mass is 9.90. The van der Waals surface area contributed by atoms with Crippen LogP contribution in [0.15, 0.2) is 24.3 Å². The minimum atomic E-state index is -0.759. The van der Waals surface area contributed by atoms with Crippen LogP contribution in [0.1, 0.15) is 37.9 Å². The van der Waals surface area contributed by atoms with E-state index in [9.17, 15) is 9.90 Å². The number of aliphatic hydroxyl groups is 1. The SMILES string of the molecule is CN(CC(C)(C)O)C1CCc2c(c3ccccc3n2CCC(=O)O)C1. The summed E-state index contributed by atoms with van der Waals surface area (Å²) < 4.78 is 2.20. The second-order valence-corrected chi connectivity index (χ2v) is 7.86. The molecule has 1 aromatic carbocycles. The molecule has 1 aliphatic rings. The number of nitrogens with zero attached hydrogens (tertiary/aromatic N) is 2. The molecule has 1 unspecified atom stereocenters. The number of carbonyl (C=O) groups is 1. The first-order chi connectivity index (χ1) is 11.8. The molecule has 5 nitrogen and oxygen atoms in total. The molecule has 0 spiro atoms. The van der Waals surface area contributed by atoms with Crippen molar-refractivity contribution in [1.82, 2.24) is 9.47 Å². The van der Waals surface area contributed by atoms with Gasteiger partial charge in [0, 0.05) is 35.7 Å². The zero-order valence-electron chi connectivity index (χ0n) is 15.3. The minimum absolute atomic E-state index is 0.146. The average molecular weight is 344 g/mol. The summed E-state index contributed by atoms with van der Waals surface area (Å²) in [5, 5.41) is 20.4. The van der Waals surface area contributed by atoms with E-state index in [-0.39, 0.29) is 6.42 Å². The van der Waals surface area contributed by atoms with Crippen molar-refractivity contribution in [3.8, 4) is 0 Å². The van der Waals surface area contributed by atoms with E-state index in [1.807, 2.05) is 26.0 Å². The van der Waals surface area contributed by atoms with Crippen LogP contribution in [0, 0.1) is 0 Å². The summed E-state index contributed by atoms with van der Waals surface area (Å²) in [5.41, 5.74) is 3.07. The summed E-state index contributed by atoms with van der Waals surface area (Å²) >= 11 is 0. The van der Waals surface area contributed by atoms with Gasteiger partial charge in [-0.25, -0.2) is 0 Å². The number of aliphatic carboxylic acids is 1. The van der Waals surface area contributed by atoms with Crippen LogP contribution in [0.5, 0.6) is 0 Å². The van der Waals surface area contributed by atoms with Crippen molar-refractivity contribution in [2.24, 2.45) is 0 Å². The molecule has 2 aromatic rings. The molecule has 136 valence electrons. The number of hydrogen-bond donors (Lipinski definition) is 2. The monoisotopic (exact) mass is 344 g/mol. The Balaban J connectivity index is 1.91. The Morgan fingerprint density at radius 2 is 2.08 bits per heavy atom. The smallest absolute Gasteiger partial charge is 0.305 e. The Hall–Kier alpha value is -1.85. The molecule has 0 saturated heterocycles. The van der Waals surface area contributed by atoms with Gasteiger partial charge in [0.05, 0.1) is 12.0 Å². The average Bonchev–Trinajstić information content (AvgIpc) is 2.84. The Kier molecular flexibility index (Phi) is 4.89. The zero-order valence-corrected chi connectivity index (χ0v) is 15.3. The van der Waals surface area contributed by atoms with Gasteiger partial charge in [0.2, 0.25) is 0 Å². The molecule has 0 radical (unpaired) electrons. The number of carboxylic acids is 1. The zero-order chi connectivity index (χ0) is 18.2. The predicted molar refractivity (Wildman–Crippen MR) is 98.9 cm³/mol. The first-order valence-corrected chi connectivity index (χ1v) is 8.99.